The van der Waals surface area contributed by atoms with Crippen molar-refractivity contribution in [2.45, 2.75) is 13.5 Å². The van der Waals surface area contributed by atoms with E-state index in [1.807, 2.05) is 41.8 Å². The number of hydrogen-bond acceptors (Lipinski definition) is 3. The van der Waals surface area contributed by atoms with Gasteiger partial charge in [0.25, 0.3) is 0 Å². The van der Waals surface area contributed by atoms with E-state index in [0.717, 1.165) is 27.3 Å². The summed E-state index contributed by atoms with van der Waals surface area (Å²) >= 11 is 3.43. The van der Waals surface area contributed by atoms with E-state index < -0.39 is 0 Å². The minimum absolute atomic E-state index is 0.418. The smallest absolute Gasteiger partial charge is 0.152 e. The monoisotopic (exact) mass is 317 g/mol. The second-order valence-corrected chi connectivity index (χ2v) is 4.96. The van der Waals surface area contributed by atoms with Crippen LogP contribution in [-0.2, 0) is 6.61 Å². The van der Waals surface area contributed by atoms with Gasteiger partial charge in [0.05, 0.1) is 11.7 Å². The van der Waals surface area contributed by atoms with Crippen molar-refractivity contribution in [2.24, 2.45) is 0 Å². The van der Waals surface area contributed by atoms with Gasteiger partial charge in [-0.3, -0.25) is 9.38 Å². The van der Waals surface area contributed by atoms with E-state index >= 15 is 0 Å². The van der Waals surface area contributed by atoms with Gasteiger partial charge in [-0.15, -0.1) is 0 Å². The maximum absolute atomic E-state index is 5.82. The Labute approximate surface area is 119 Å². The summed E-state index contributed by atoms with van der Waals surface area (Å²) in [6.07, 6.45) is 5.39. The summed E-state index contributed by atoms with van der Waals surface area (Å²) < 4.78 is 8.57. The van der Waals surface area contributed by atoms with E-state index in [2.05, 4.69) is 25.9 Å². The molecular formula is C14H12BrN3O. The van der Waals surface area contributed by atoms with Crippen LogP contribution in [0, 0.1) is 6.92 Å². The van der Waals surface area contributed by atoms with E-state index in [4.69, 9.17) is 4.74 Å². The Kier molecular flexibility index (Phi) is 3.21. The van der Waals surface area contributed by atoms with Crippen molar-refractivity contribution in [1.82, 2.24) is 14.4 Å². The lowest BCUT2D eigenvalue weighted by molar-refractivity contribution is 0.293. The quantitative estimate of drug-likeness (QED) is 0.743. The molecule has 96 valence electrons. The highest BCUT2D eigenvalue weighted by Gasteiger charge is 2.09. The van der Waals surface area contributed by atoms with Gasteiger partial charge in [-0.2, -0.15) is 0 Å². The summed E-state index contributed by atoms with van der Waals surface area (Å²) in [5.74, 6) is 1.72. The van der Waals surface area contributed by atoms with Gasteiger partial charge in [0.2, 0.25) is 0 Å². The van der Waals surface area contributed by atoms with Crippen molar-refractivity contribution in [3.63, 3.8) is 0 Å². The van der Waals surface area contributed by atoms with Crippen molar-refractivity contribution in [3.8, 4) is 5.75 Å². The summed E-state index contributed by atoms with van der Waals surface area (Å²) in [6.45, 7) is 2.44. The molecule has 0 amide bonds. The maximum atomic E-state index is 5.82. The van der Waals surface area contributed by atoms with Gasteiger partial charge < -0.3 is 4.74 Å². The molecule has 3 rings (SSSR count). The van der Waals surface area contributed by atoms with Gasteiger partial charge in [-0.05, 0) is 34.5 Å². The predicted molar refractivity (Wildman–Crippen MR) is 76.2 cm³/mol. The van der Waals surface area contributed by atoms with Gasteiger partial charge in [0.1, 0.15) is 17.0 Å². The predicted octanol–water partition coefficient (Wildman–Crippen LogP) is 3.38. The van der Waals surface area contributed by atoms with Crippen LogP contribution in [0.25, 0.3) is 5.52 Å². The molecule has 0 bridgehead atoms. The fourth-order valence-electron chi connectivity index (χ4n) is 1.93. The van der Waals surface area contributed by atoms with Crippen molar-refractivity contribution in [2.75, 3.05) is 0 Å². The molecule has 0 atom stereocenters. The molecule has 0 aliphatic rings. The molecule has 0 fully saturated rings. The molecule has 4 nitrogen and oxygen atoms in total. The molecular weight excluding hydrogens is 306 g/mol. The van der Waals surface area contributed by atoms with Crippen molar-refractivity contribution < 1.29 is 4.74 Å². The highest BCUT2D eigenvalue weighted by Crippen LogP contribution is 2.21. The molecule has 0 saturated heterocycles. The van der Waals surface area contributed by atoms with Crippen molar-refractivity contribution in [1.29, 1.82) is 0 Å². The number of imidazole rings is 1. The zero-order valence-corrected chi connectivity index (χ0v) is 12.0. The van der Waals surface area contributed by atoms with Gasteiger partial charge >= 0.3 is 0 Å². The number of rotatable bonds is 3. The number of fused-ring (bicyclic) bond motifs is 1. The zero-order chi connectivity index (χ0) is 13.2. The number of para-hydroxylation sites is 1. The average molecular weight is 318 g/mol. The Bertz CT molecular complexity index is 724. The average Bonchev–Trinajstić information content (AvgIpc) is 2.75. The Morgan fingerprint density at radius 1 is 1.32 bits per heavy atom. The number of hydrogen-bond donors (Lipinski definition) is 0. The summed E-state index contributed by atoms with van der Waals surface area (Å²) in [6, 6.07) is 7.95. The molecule has 0 aliphatic carbocycles. The molecule has 0 unspecified atom stereocenters. The first-order chi connectivity index (χ1) is 9.25. The Hall–Kier alpha value is -1.88. The topological polar surface area (TPSA) is 39.4 Å². The number of nitrogens with zero attached hydrogens (tertiary/aromatic N) is 3. The number of benzene rings is 1. The van der Waals surface area contributed by atoms with E-state index in [1.165, 1.54) is 0 Å². The molecule has 0 saturated carbocycles. The van der Waals surface area contributed by atoms with Gasteiger partial charge in [-0.1, -0.05) is 18.2 Å². The largest absolute Gasteiger partial charge is 0.485 e. The standard InChI is InChI=1S/C14H12BrN3O/c1-10-4-2-3-5-12(10)19-9-13-17-14(15)11-8-16-6-7-18(11)13/h2-8H,9H2,1H3. The lowest BCUT2D eigenvalue weighted by Gasteiger charge is -2.07. The lowest BCUT2D eigenvalue weighted by Crippen LogP contribution is -2.02. The first kappa shape index (κ1) is 12.2. The van der Waals surface area contributed by atoms with Crippen LogP contribution in [0.5, 0.6) is 5.75 Å². The summed E-state index contributed by atoms with van der Waals surface area (Å²) in [5.41, 5.74) is 2.05. The minimum atomic E-state index is 0.418. The van der Waals surface area contributed by atoms with Crippen LogP contribution in [0.1, 0.15) is 11.4 Å². The Morgan fingerprint density at radius 3 is 3.00 bits per heavy atom. The van der Waals surface area contributed by atoms with E-state index in [1.54, 1.807) is 12.4 Å². The SMILES string of the molecule is Cc1ccccc1OCc1nc(Br)c2cnccn12. The Balaban J connectivity index is 1.88. The molecule has 3 aromatic rings. The van der Waals surface area contributed by atoms with E-state index in [9.17, 15) is 0 Å². The normalized spacial score (nSPS) is 10.8. The highest BCUT2D eigenvalue weighted by molar-refractivity contribution is 9.10. The van der Waals surface area contributed by atoms with Crippen LogP contribution in [0.15, 0.2) is 47.5 Å². The zero-order valence-electron chi connectivity index (χ0n) is 10.4. The number of ether oxygens (including phenoxy) is 1. The molecule has 0 aliphatic heterocycles. The van der Waals surface area contributed by atoms with Crippen LogP contribution in [-0.4, -0.2) is 14.4 Å². The van der Waals surface area contributed by atoms with Crippen LogP contribution in [0.4, 0.5) is 0 Å². The molecule has 0 radical (unpaired) electrons. The Morgan fingerprint density at radius 2 is 2.16 bits per heavy atom. The number of aryl methyl sites for hydroxylation is 1. The van der Waals surface area contributed by atoms with E-state index in [-0.39, 0.29) is 0 Å². The van der Waals surface area contributed by atoms with Crippen molar-refractivity contribution >= 4 is 21.4 Å². The summed E-state index contributed by atoms with van der Waals surface area (Å²) in [7, 11) is 0. The summed E-state index contributed by atoms with van der Waals surface area (Å²) in [5, 5.41) is 0. The van der Waals surface area contributed by atoms with Crippen LogP contribution in [0.3, 0.4) is 0 Å². The minimum Gasteiger partial charge on any atom is -0.485 e. The highest BCUT2D eigenvalue weighted by atomic mass is 79.9. The molecule has 0 N–H and O–H groups in total. The van der Waals surface area contributed by atoms with Crippen LogP contribution in [0.2, 0.25) is 0 Å². The van der Waals surface area contributed by atoms with Crippen molar-refractivity contribution in [3.05, 3.63) is 58.8 Å². The molecule has 0 spiro atoms. The first-order valence-electron chi connectivity index (χ1n) is 5.90. The second kappa shape index (κ2) is 5.01. The molecule has 2 heterocycles. The summed E-state index contributed by atoms with van der Waals surface area (Å²) in [4.78, 5) is 8.54. The molecule has 5 heteroatoms. The molecule has 2 aromatic heterocycles. The molecule has 1 aromatic carbocycles. The number of halogens is 1. The van der Waals surface area contributed by atoms with Gasteiger partial charge in [-0.25, -0.2) is 4.98 Å². The van der Waals surface area contributed by atoms with Crippen LogP contribution < -0.4 is 4.74 Å². The third-order valence-electron chi connectivity index (χ3n) is 2.93. The fourth-order valence-corrected chi connectivity index (χ4v) is 2.42. The second-order valence-electron chi connectivity index (χ2n) is 4.20. The lowest BCUT2D eigenvalue weighted by atomic mass is 10.2. The first-order valence-corrected chi connectivity index (χ1v) is 6.70. The van der Waals surface area contributed by atoms with E-state index in [0.29, 0.717) is 6.61 Å². The number of aromatic nitrogens is 3. The maximum Gasteiger partial charge on any atom is 0.152 e. The third kappa shape index (κ3) is 2.33. The van der Waals surface area contributed by atoms with Gasteiger partial charge in [0, 0.05) is 12.4 Å². The molecule has 19 heavy (non-hydrogen) atoms. The fraction of sp³-hybridized carbons (Fsp3) is 0.143. The van der Waals surface area contributed by atoms with Crippen LogP contribution >= 0.6 is 15.9 Å². The third-order valence-corrected chi connectivity index (χ3v) is 3.51. The van der Waals surface area contributed by atoms with Gasteiger partial charge in [0.15, 0.2) is 5.82 Å².